The molecule has 0 unspecified atom stereocenters. The van der Waals surface area contributed by atoms with Gasteiger partial charge in [-0.3, -0.25) is 9.36 Å². The maximum absolute atomic E-state index is 12.9. The Bertz CT molecular complexity index is 659. The molecule has 1 heterocycles. The normalized spacial score (nSPS) is 10.5. The number of nitrogens with one attached hydrogen (secondary N) is 1. The largest absolute Gasteiger partial charge is 0.328 e. The summed E-state index contributed by atoms with van der Waals surface area (Å²) in [6.07, 6.45) is 0. The SMILES string of the molecule is Cn1c(=O)cc(-c2ccc(F)cc2Cl)[nH]c1=O. The second kappa shape index (κ2) is 4.18. The van der Waals surface area contributed by atoms with Crippen LogP contribution in [0.25, 0.3) is 11.3 Å². The summed E-state index contributed by atoms with van der Waals surface area (Å²) in [7, 11) is 1.36. The molecule has 0 saturated heterocycles. The number of aromatic nitrogens is 2. The fourth-order valence-corrected chi connectivity index (χ4v) is 1.68. The van der Waals surface area contributed by atoms with E-state index in [9.17, 15) is 14.0 Å². The molecule has 0 aliphatic rings. The van der Waals surface area contributed by atoms with Gasteiger partial charge in [0.2, 0.25) is 0 Å². The van der Waals surface area contributed by atoms with Gasteiger partial charge >= 0.3 is 5.69 Å². The Kier molecular flexibility index (Phi) is 2.85. The molecular weight excluding hydrogens is 247 g/mol. The van der Waals surface area contributed by atoms with Crippen molar-refractivity contribution in [3.05, 3.63) is 55.9 Å². The summed E-state index contributed by atoms with van der Waals surface area (Å²) in [5.41, 5.74) is -0.331. The van der Waals surface area contributed by atoms with Gasteiger partial charge in [-0.25, -0.2) is 9.18 Å². The Morgan fingerprint density at radius 2 is 2.00 bits per heavy atom. The van der Waals surface area contributed by atoms with Crippen LogP contribution in [0.15, 0.2) is 33.9 Å². The third kappa shape index (κ3) is 2.14. The minimum Gasteiger partial charge on any atom is -0.307 e. The second-order valence-corrected chi connectivity index (χ2v) is 3.92. The molecule has 0 amide bonds. The van der Waals surface area contributed by atoms with E-state index in [0.29, 0.717) is 5.56 Å². The lowest BCUT2D eigenvalue weighted by molar-refractivity contribution is 0.628. The number of nitrogens with zero attached hydrogens (tertiary/aromatic N) is 1. The smallest absolute Gasteiger partial charge is 0.307 e. The maximum atomic E-state index is 12.9. The molecule has 0 radical (unpaired) electrons. The van der Waals surface area contributed by atoms with Crippen LogP contribution in [0, 0.1) is 5.82 Å². The number of hydrogen-bond acceptors (Lipinski definition) is 2. The first-order valence-electron chi connectivity index (χ1n) is 4.75. The molecule has 0 aliphatic carbocycles. The fourth-order valence-electron chi connectivity index (χ4n) is 1.41. The predicted molar refractivity (Wildman–Crippen MR) is 62.7 cm³/mol. The maximum Gasteiger partial charge on any atom is 0.328 e. The molecule has 17 heavy (non-hydrogen) atoms. The van der Waals surface area contributed by atoms with E-state index >= 15 is 0 Å². The summed E-state index contributed by atoms with van der Waals surface area (Å²) >= 11 is 5.84. The van der Waals surface area contributed by atoms with Crippen LogP contribution in [0.3, 0.4) is 0 Å². The van der Waals surface area contributed by atoms with E-state index < -0.39 is 17.1 Å². The van der Waals surface area contributed by atoms with Crippen LogP contribution in [0.4, 0.5) is 4.39 Å². The van der Waals surface area contributed by atoms with E-state index in [1.54, 1.807) is 0 Å². The number of halogens is 2. The number of aromatic amines is 1. The molecule has 6 heteroatoms. The van der Waals surface area contributed by atoms with Crippen molar-refractivity contribution in [3.8, 4) is 11.3 Å². The predicted octanol–water partition coefficient (Wildman–Crippen LogP) is 1.53. The molecule has 0 fully saturated rings. The Labute approximate surface area is 100 Å². The van der Waals surface area contributed by atoms with E-state index in [1.807, 2.05) is 0 Å². The van der Waals surface area contributed by atoms with Crippen molar-refractivity contribution in [3.63, 3.8) is 0 Å². The molecule has 0 bridgehead atoms. The summed E-state index contributed by atoms with van der Waals surface area (Å²) in [6.45, 7) is 0. The summed E-state index contributed by atoms with van der Waals surface area (Å²) in [4.78, 5) is 25.3. The lowest BCUT2D eigenvalue weighted by Crippen LogP contribution is -2.32. The third-order valence-electron chi connectivity index (χ3n) is 2.37. The van der Waals surface area contributed by atoms with Crippen LogP contribution in [-0.2, 0) is 7.05 Å². The first-order chi connectivity index (χ1) is 7.99. The van der Waals surface area contributed by atoms with Crippen molar-refractivity contribution in [1.82, 2.24) is 9.55 Å². The van der Waals surface area contributed by atoms with Gasteiger partial charge in [-0.05, 0) is 18.2 Å². The monoisotopic (exact) mass is 254 g/mol. The first-order valence-corrected chi connectivity index (χ1v) is 5.12. The highest BCUT2D eigenvalue weighted by Gasteiger charge is 2.08. The lowest BCUT2D eigenvalue weighted by atomic mass is 10.1. The van der Waals surface area contributed by atoms with Crippen molar-refractivity contribution < 1.29 is 4.39 Å². The lowest BCUT2D eigenvalue weighted by Gasteiger charge is -2.05. The van der Waals surface area contributed by atoms with E-state index in [4.69, 9.17) is 11.6 Å². The van der Waals surface area contributed by atoms with Gasteiger partial charge in [0.05, 0.1) is 10.7 Å². The Morgan fingerprint density at radius 3 is 2.59 bits per heavy atom. The van der Waals surface area contributed by atoms with E-state index in [1.165, 1.54) is 25.2 Å². The van der Waals surface area contributed by atoms with E-state index in [2.05, 4.69) is 4.98 Å². The number of rotatable bonds is 1. The molecule has 2 aromatic rings. The van der Waals surface area contributed by atoms with Crippen molar-refractivity contribution in [1.29, 1.82) is 0 Å². The molecule has 1 aromatic carbocycles. The van der Waals surface area contributed by atoms with Gasteiger partial charge < -0.3 is 4.98 Å². The molecule has 1 aromatic heterocycles. The Morgan fingerprint density at radius 1 is 1.29 bits per heavy atom. The van der Waals surface area contributed by atoms with Crippen molar-refractivity contribution in [2.75, 3.05) is 0 Å². The molecule has 2 rings (SSSR count). The molecule has 0 aliphatic heterocycles. The summed E-state index contributed by atoms with van der Waals surface area (Å²) < 4.78 is 13.8. The average molecular weight is 255 g/mol. The first kappa shape index (κ1) is 11.6. The molecule has 1 N–H and O–H groups in total. The van der Waals surface area contributed by atoms with Gasteiger partial charge in [0, 0.05) is 18.7 Å². The zero-order valence-corrected chi connectivity index (χ0v) is 9.58. The third-order valence-corrected chi connectivity index (χ3v) is 2.68. The van der Waals surface area contributed by atoms with Gasteiger partial charge in [-0.15, -0.1) is 0 Å². The highest BCUT2D eigenvalue weighted by Crippen LogP contribution is 2.25. The van der Waals surface area contributed by atoms with Gasteiger partial charge in [0.25, 0.3) is 5.56 Å². The van der Waals surface area contributed by atoms with Crippen LogP contribution < -0.4 is 11.2 Å². The van der Waals surface area contributed by atoms with Crippen LogP contribution in [0.5, 0.6) is 0 Å². The minimum absolute atomic E-state index is 0.133. The summed E-state index contributed by atoms with van der Waals surface area (Å²) in [5.74, 6) is -0.482. The average Bonchev–Trinajstić information content (AvgIpc) is 2.25. The Balaban J connectivity index is 2.69. The molecule has 0 atom stereocenters. The molecular formula is C11H8ClFN2O2. The number of H-pyrrole nitrogens is 1. The number of hydrogen-bond donors (Lipinski definition) is 1. The Hall–Kier alpha value is -1.88. The van der Waals surface area contributed by atoms with E-state index in [0.717, 1.165) is 10.6 Å². The second-order valence-electron chi connectivity index (χ2n) is 3.51. The standard InChI is InChI=1S/C11H8ClFN2O2/c1-15-10(16)5-9(14-11(15)17)7-3-2-6(13)4-8(7)12/h2-5H,1H3,(H,14,17). The van der Waals surface area contributed by atoms with Crippen LogP contribution in [-0.4, -0.2) is 9.55 Å². The zero-order chi connectivity index (χ0) is 12.6. The number of benzene rings is 1. The van der Waals surface area contributed by atoms with E-state index in [-0.39, 0.29) is 10.7 Å². The molecule has 0 saturated carbocycles. The molecule has 88 valence electrons. The van der Waals surface area contributed by atoms with Crippen molar-refractivity contribution in [2.45, 2.75) is 0 Å². The highest BCUT2D eigenvalue weighted by atomic mass is 35.5. The van der Waals surface area contributed by atoms with Crippen LogP contribution in [0.2, 0.25) is 5.02 Å². The van der Waals surface area contributed by atoms with Crippen LogP contribution >= 0.6 is 11.6 Å². The van der Waals surface area contributed by atoms with Gasteiger partial charge in [-0.1, -0.05) is 11.6 Å². The van der Waals surface area contributed by atoms with Crippen molar-refractivity contribution >= 4 is 11.6 Å². The van der Waals surface area contributed by atoms with Crippen LogP contribution in [0.1, 0.15) is 0 Å². The summed E-state index contributed by atoms with van der Waals surface area (Å²) in [5, 5.41) is 0.133. The van der Waals surface area contributed by atoms with Gasteiger partial charge in [0.15, 0.2) is 0 Å². The van der Waals surface area contributed by atoms with Gasteiger partial charge in [0.1, 0.15) is 5.82 Å². The quantitative estimate of drug-likeness (QED) is 0.839. The summed E-state index contributed by atoms with van der Waals surface area (Å²) in [6, 6.07) is 4.96. The highest BCUT2D eigenvalue weighted by molar-refractivity contribution is 6.33. The zero-order valence-electron chi connectivity index (χ0n) is 8.83. The minimum atomic E-state index is -0.548. The van der Waals surface area contributed by atoms with Crippen molar-refractivity contribution in [2.24, 2.45) is 7.05 Å². The molecule has 0 spiro atoms. The van der Waals surface area contributed by atoms with Gasteiger partial charge in [-0.2, -0.15) is 0 Å². The topological polar surface area (TPSA) is 54.9 Å². The molecule has 4 nitrogen and oxygen atoms in total. The fraction of sp³-hybridized carbons (Fsp3) is 0.0909.